The number of hydrogen-bond acceptors (Lipinski definition) is 5. The summed E-state index contributed by atoms with van der Waals surface area (Å²) in [5, 5.41) is 2.83. The van der Waals surface area contributed by atoms with Crippen LogP contribution in [0, 0.1) is 5.82 Å². The molecule has 0 aromatic heterocycles. The average molecular weight is 683 g/mol. The molecule has 0 spiro atoms. The van der Waals surface area contributed by atoms with Crippen LogP contribution in [0.2, 0.25) is 0 Å². The van der Waals surface area contributed by atoms with Crippen molar-refractivity contribution in [2.45, 2.75) is 30.8 Å². The van der Waals surface area contributed by atoms with Crippen LogP contribution in [-0.4, -0.2) is 51.4 Å². The summed E-state index contributed by atoms with van der Waals surface area (Å²) in [6, 6.07) is 26.3. The molecular formula is C33H33BrFN3O5S. The van der Waals surface area contributed by atoms with E-state index < -0.39 is 34.3 Å². The number of benzene rings is 4. The second kappa shape index (κ2) is 15.0. The van der Waals surface area contributed by atoms with Crippen molar-refractivity contribution in [2.75, 3.05) is 24.5 Å². The number of rotatable bonds is 13. The Balaban J connectivity index is 1.79. The molecule has 0 saturated carbocycles. The van der Waals surface area contributed by atoms with E-state index in [1.54, 1.807) is 6.92 Å². The summed E-state index contributed by atoms with van der Waals surface area (Å²) in [7, 11) is -2.85. The van der Waals surface area contributed by atoms with Gasteiger partial charge in [0, 0.05) is 24.0 Å². The van der Waals surface area contributed by atoms with Gasteiger partial charge in [-0.2, -0.15) is 0 Å². The molecule has 0 aliphatic carbocycles. The van der Waals surface area contributed by atoms with Crippen LogP contribution in [0.4, 0.5) is 10.1 Å². The molecule has 44 heavy (non-hydrogen) atoms. The van der Waals surface area contributed by atoms with E-state index in [4.69, 9.17) is 4.74 Å². The first kappa shape index (κ1) is 32.7. The third-order valence-electron chi connectivity index (χ3n) is 6.90. The molecule has 4 aromatic carbocycles. The smallest absolute Gasteiger partial charge is 0.264 e. The Labute approximate surface area is 265 Å². The number of anilines is 1. The molecule has 0 radical (unpaired) electrons. The standard InChI is InChI=1S/C33H33BrFN3O5S/c1-3-36-33(40)31(21-24-8-5-4-6-9-24)37(22-25-10-7-11-26(34)20-25)32(39)23-38(28-14-12-27(35)13-15-28)44(41,42)30-18-16-29(43-2)17-19-30/h4-20,31H,3,21-23H2,1-2H3,(H,36,40)/t31-/m1/s1. The van der Waals surface area contributed by atoms with Gasteiger partial charge in [0.05, 0.1) is 17.7 Å². The van der Waals surface area contributed by atoms with E-state index in [9.17, 15) is 22.4 Å². The van der Waals surface area contributed by atoms with Crippen molar-refractivity contribution in [3.05, 3.63) is 125 Å². The van der Waals surface area contributed by atoms with Crippen molar-refractivity contribution in [1.29, 1.82) is 0 Å². The first-order chi connectivity index (χ1) is 21.1. The van der Waals surface area contributed by atoms with E-state index >= 15 is 0 Å². The largest absolute Gasteiger partial charge is 0.497 e. The maximum absolute atomic E-state index is 14.3. The predicted molar refractivity (Wildman–Crippen MR) is 171 cm³/mol. The maximum Gasteiger partial charge on any atom is 0.264 e. The first-order valence-corrected chi connectivity index (χ1v) is 16.1. The Kier molecular flexibility index (Phi) is 11.1. The fourth-order valence-corrected chi connectivity index (χ4v) is 6.55. The highest BCUT2D eigenvalue weighted by atomic mass is 79.9. The topological polar surface area (TPSA) is 96.0 Å². The van der Waals surface area contributed by atoms with Crippen molar-refractivity contribution in [3.63, 3.8) is 0 Å². The van der Waals surface area contributed by atoms with Crippen molar-refractivity contribution in [3.8, 4) is 5.75 Å². The Morgan fingerprint density at radius 1 is 0.909 bits per heavy atom. The van der Waals surface area contributed by atoms with Crippen LogP contribution in [0.3, 0.4) is 0 Å². The number of sulfonamides is 1. The Morgan fingerprint density at radius 3 is 2.18 bits per heavy atom. The third-order valence-corrected chi connectivity index (χ3v) is 9.19. The van der Waals surface area contributed by atoms with E-state index in [-0.39, 0.29) is 29.5 Å². The summed E-state index contributed by atoms with van der Waals surface area (Å²) in [6.07, 6.45) is 0.203. The van der Waals surface area contributed by atoms with Crippen LogP contribution in [0.5, 0.6) is 5.75 Å². The van der Waals surface area contributed by atoms with Gasteiger partial charge in [-0.15, -0.1) is 0 Å². The molecule has 0 bridgehead atoms. The van der Waals surface area contributed by atoms with Crippen molar-refractivity contribution in [1.82, 2.24) is 10.2 Å². The molecule has 0 heterocycles. The van der Waals surface area contributed by atoms with Gasteiger partial charge in [0.25, 0.3) is 10.0 Å². The number of nitrogens with one attached hydrogen (secondary N) is 1. The third kappa shape index (κ3) is 8.23. The van der Waals surface area contributed by atoms with Gasteiger partial charge in [0.1, 0.15) is 24.2 Å². The van der Waals surface area contributed by atoms with E-state index in [1.807, 2.05) is 54.6 Å². The minimum absolute atomic E-state index is 0.0345. The SMILES string of the molecule is CCNC(=O)[C@@H](Cc1ccccc1)N(Cc1cccc(Br)c1)C(=O)CN(c1ccc(F)cc1)S(=O)(=O)c1ccc(OC)cc1. The molecule has 0 fully saturated rings. The number of nitrogens with zero attached hydrogens (tertiary/aromatic N) is 2. The highest BCUT2D eigenvalue weighted by Gasteiger charge is 2.34. The molecule has 0 saturated heterocycles. The monoisotopic (exact) mass is 681 g/mol. The summed E-state index contributed by atoms with van der Waals surface area (Å²) in [4.78, 5) is 29.2. The number of ether oxygens (including phenoxy) is 1. The minimum Gasteiger partial charge on any atom is -0.497 e. The summed E-state index contributed by atoms with van der Waals surface area (Å²) in [5.74, 6) is -1.08. The molecule has 230 valence electrons. The number of likely N-dealkylation sites (N-methyl/N-ethyl adjacent to an activating group) is 1. The number of amides is 2. The molecule has 4 aromatic rings. The second-order valence-electron chi connectivity index (χ2n) is 9.92. The second-order valence-corrected chi connectivity index (χ2v) is 12.7. The van der Waals surface area contributed by atoms with Crippen LogP contribution >= 0.6 is 15.9 Å². The molecule has 0 unspecified atom stereocenters. The van der Waals surface area contributed by atoms with Crippen LogP contribution < -0.4 is 14.4 Å². The van der Waals surface area contributed by atoms with Gasteiger partial charge in [-0.05, 0) is 78.7 Å². The van der Waals surface area contributed by atoms with Gasteiger partial charge < -0.3 is 15.0 Å². The normalized spacial score (nSPS) is 11.8. The minimum atomic E-state index is -4.32. The number of methoxy groups -OCH3 is 1. The van der Waals surface area contributed by atoms with Crippen LogP contribution in [0.15, 0.2) is 112 Å². The first-order valence-electron chi connectivity index (χ1n) is 13.9. The zero-order chi connectivity index (χ0) is 31.7. The highest BCUT2D eigenvalue weighted by Crippen LogP contribution is 2.27. The van der Waals surface area contributed by atoms with E-state index in [0.717, 1.165) is 32.0 Å². The average Bonchev–Trinajstić information content (AvgIpc) is 3.02. The predicted octanol–water partition coefficient (Wildman–Crippen LogP) is 5.57. The van der Waals surface area contributed by atoms with Gasteiger partial charge in [-0.25, -0.2) is 12.8 Å². The van der Waals surface area contributed by atoms with Gasteiger partial charge in [-0.3, -0.25) is 13.9 Å². The number of carbonyl (C=O) groups excluding carboxylic acids is 2. The van der Waals surface area contributed by atoms with Crippen LogP contribution in [0.1, 0.15) is 18.1 Å². The van der Waals surface area contributed by atoms with Crippen molar-refractivity contribution >= 4 is 43.5 Å². The molecule has 2 amide bonds. The maximum atomic E-state index is 14.3. The zero-order valence-corrected chi connectivity index (χ0v) is 26.7. The summed E-state index contributed by atoms with van der Waals surface area (Å²) in [6.45, 7) is 1.53. The van der Waals surface area contributed by atoms with Gasteiger partial charge in [-0.1, -0.05) is 58.4 Å². The summed E-state index contributed by atoms with van der Waals surface area (Å²) < 4.78 is 48.8. The van der Waals surface area contributed by atoms with Crippen molar-refractivity contribution in [2.24, 2.45) is 0 Å². The molecular weight excluding hydrogens is 649 g/mol. The van der Waals surface area contributed by atoms with Crippen LogP contribution in [-0.2, 0) is 32.6 Å². The lowest BCUT2D eigenvalue weighted by molar-refractivity contribution is -0.140. The van der Waals surface area contributed by atoms with E-state index in [2.05, 4.69) is 21.2 Å². The Bertz CT molecular complexity index is 1670. The number of hydrogen-bond donors (Lipinski definition) is 1. The molecule has 4 rings (SSSR count). The molecule has 8 nitrogen and oxygen atoms in total. The molecule has 11 heteroatoms. The van der Waals surface area contributed by atoms with Crippen LogP contribution in [0.25, 0.3) is 0 Å². The quantitative estimate of drug-likeness (QED) is 0.199. The van der Waals surface area contributed by atoms with E-state index in [1.165, 1.54) is 48.4 Å². The van der Waals surface area contributed by atoms with Gasteiger partial charge >= 0.3 is 0 Å². The number of carbonyl (C=O) groups is 2. The molecule has 1 atom stereocenters. The lowest BCUT2D eigenvalue weighted by atomic mass is 10.0. The number of halogens is 2. The highest BCUT2D eigenvalue weighted by molar-refractivity contribution is 9.10. The Morgan fingerprint density at radius 2 is 1.57 bits per heavy atom. The van der Waals surface area contributed by atoms with E-state index in [0.29, 0.717) is 12.3 Å². The zero-order valence-electron chi connectivity index (χ0n) is 24.3. The fraction of sp³-hybridized carbons (Fsp3) is 0.212. The molecule has 0 aliphatic rings. The fourth-order valence-electron chi connectivity index (χ4n) is 4.69. The van der Waals surface area contributed by atoms with Crippen molar-refractivity contribution < 1.29 is 27.1 Å². The lowest BCUT2D eigenvalue weighted by Gasteiger charge is -2.34. The van der Waals surface area contributed by atoms with Gasteiger partial charge in [0.2, 0.25) is 11.8 Å². The molecule has 1 N–H and O–H groups in total. The lowest BCUT2D eigenvalue weighted by Crippen LogP contribution is -2.53. The summed E-state index contributed by atoms with van der Waals surface area (Å²) >= 11 is 3.46. The van der Waals surface area contributed by atoms with Gasteiger partial charge in [0.15, 0.2) is 0 Å². The molecule has 0 aliphatic heterocycles. The Hall–Kier alpha value is -4.22. The summed E-state index contributed by atoms with van der Waals surface area (Å²) in [5.41, 5.74) is 1.66.